The van der Waals surface area contributed by atoms with E-state index in [0.717, 1.165) is 12.2 Å². The highest BCUT2D eigenvalue weighted by Gasteiger charge is 2.09. The first-order valence-corrected chi connectivity index (χ1v) is 6.36. The Morgan fingerprint density at radius 3 is 2.43 bits per heavy atom. The third-order valence-corrected chi connectivity index (χ3v) is 3.65. The largest absolute Gasteiger partial charge is 0.179 e. The summed E-state index contributed by atoms with van der Waals surface area (Å²) >= 11 is 7.90. The number of benzene rings is 1. The van der Waals surface area contributed by atoms with Crippen LogP contribution in [0.25, 0.3) is 0 Å². The van der Waals surface area contributed by atoms with E-state index < -0.39 is 0 Å². The average molecular weight is 273 g/mol. The lowest BCUT2D eigenvalue weighted by atomic mass is 9.95. The number of hydrogen-bond donors (Lipinski definition) is 1. The van der Waals surface area contributed by atoms with Gasteiger partial charge in [-0.1, -0.05) is 28.9 Å². The fourth-order valence-corrected chi connectivity index (χ4v) is 2.77. The van der Waals surface area contributed by atoms with E-state index in [-0.39, 0.29) is 0 Å². The molecule has 1 rings (SSSR count). The first-order valence-electron chi connectivity index (χ1n) is 4.93. The van der Waals surface area contributed by atoms with E-state index >= 15 is 0 Å². The number of aryl methyl sites for hydroxylation is 2. The van der Waals surface area contributed by atoms with Crippen LogP contribution in [0.2, 0.25) is 0 Å². The third kappa shape index (κ3) is 2.77. The van der Waals surface area contributed by atoms with E-state index in [9.17, 15) is 0 Å². The highest BCUT2D eigenvalue weighted by Crippen LogP contribution is 2.29. The molecule has 14 heavy (non-hydrogen) atoms. The summed E-state index contributed by atoms with van der Waals surface area (Å²) in [6.07, 6.45) is 1.13. The monoisotopic (exact) mass is 272 g/mol. The second-order valence-electron chi connectivity index (χ2n) is 3.87. The first-order chi connectivity index (χ1) is 6.56. The molecule has 0 amide bonds. The third-order valence-electron chi connectivity index (χ3n) is 2.71. The summed E-state index contributed by atoms with van der Waals surface area (Å²) in [7, 11) is 0. The molecule has 0 radical (unpaired) electrons. The summed E-state index contributed by atoms with van der Waals surface area (Å²) in [5.74, 6) is 1.53. The van der Waals surface area contributed by atoms with Gasteiger partial charge in [-0.2, -0.15) is 12.6 Å². The van der Waals surface area contributed by atoms with Gasteiger partial charge in [-0.25, -0.2) is 0 Å². The minimum atomic E-state index is 0.584. The van der Waals surface area contributed by atoms with Gasteiger partial charge in [0.05, 0.1) is 0 Å². The summed E-state index contributed by atoms with van der Waals surface area (Å²) in [5, 5.41) is 0. The van der Waals surface area contributed by atoms with Gasteiger partial charge in [-0.3, -0.25) is 0 Å². The standard InChI is InChI=1S/C12H17BrS/c1-8(4-5-14)11-6-9(2)10(3)7-12(11)13/h6-8,14H,4-5H2,1-3H3. The molecule has 78 valence electrons. The van der Waals surface area contributed by atoms with Crippen molar-refractivity contribution >= 4 is 28.6 Å². The number of halogens is 1. The molecule has 2 heteroatoms. The molecule has 1 aromatic carbocycles. The Bertz CT molecular complexity index is 320. The topological polar surface area (TPSA) is 0 Å². The average Bonchev–Trinajstić information content (AvgIpc) is 2.11. The maximum Gasteiger partial charge on any atom is 0.0212 e. The van der Waals surface area contributed by atoms with E-state index in [1.54, 1.807) is 0 Å². The van der Waals surface area contributed by atoms with Gasteiger partial charge in [0.1, 0.15) is 0 Å². The smallest absolute Gasteiger partial charge is 0.0212 e. The molecule has 0 saturated carbocycles. The van der Waals surface area contributed by atoms with E-state index in [1.165, 1.54) is 21.2 Å². The van der Waals surface area contributed by atoms with E-state index in [2.05, 4.69) is 61.5 Å². The quantitative estimate of drug-likeness (QED) is 0.771. The maximum atomic E-state index is 4.28. The molecule has 0 bridgehead atoms. The minimum absolute atomic E-state index is 0.584. The molecule has 0 saturated heterocycles. The van der Waals surface area contributed by atoms with E-state index in [1.807, 2.05) is 0 Å². The lowest BCUT2D eigenvalue weighted by Gasteiger charge is -2.14. The van der Waals surface area contributed by atoms with Crippen molar-refractivity contribution in [3.8, 4) is 0 Å². The van der Waals surface area contributed by atoms with Crippen LogP contribution in [0.15, 0.2) is 16.6 Å². The minimum Gasteiger partial charge on any atom is -0.179 e. The highest BCUT2D eigenvalue weighted by atomic mass is 79.9. The van der Waals surface area contributed by atoms with Crippen LogP contribution < -0.4 is 0 Å². The fraction of sp³-hybridized carbons (Fsp3) is 0.500. The molecule has 0 aliphatic rings. The molecule has 0 fully saturated rings. The normalized spacial score (nSPS) is 12.9. The number of rotatable bonds is 3. The zero-order chi connectivity index (χ0) is 10.7. The molecule has 0 nitrogen and oxygen atoms in total. The van der Waals surface area contributed by atoms with Crippen LogP contribution in [0.1, 0.15) is 36.0 Å². The van der Waals surface area contributed by atoms with Crippen molar-refractivity contribution in [3.63, 3.8) is 0 Å². The highest BCUT2D eigenvalue weighted by molar-refractivity contribution is 9.10. The Labute approximate surface area is 101 Å². The van der Waals surface area contributed by atoms with Gasteiger partial charge in [0, 0.05) is 4.47 Å². The Balaban J connectivity index is 3.02. The molecule has 0 aromatic heterocycles. The van der Waals surface area contributed by atoms with E-state index in [4.69, 9.17) is 0 Å². The Hall–Kier alpha value is 0.0500. The number of hydrogen-bond acceptors (Lipinski definition) is 1. The predicted octanol–water partition coefficient (Wildman–Crippen LogP) is 4.49. The van der Waals surface area contributed by atoms with Crippen molar-refractivity contribution in [2.45, 2.75) is 33.1 Å². The zero-order valence-electron chi connectivity index (χ0n) is 8.97. The van der Waals surface area contributed by atoms with E-state index in [0.29, 0.717) is 5.92 Å². The molecule has 0 N–H and O–H groups in total. The van der Waals surface area contributed by atoms with Crippen LogP contribution in [0.4, 0.5) is 0 Å². The van der Waals surface area contributed by atoms with Crippen LogP contribution in [0.3, 0.4) is 0 Å². The Morgan fingerprint density at radius 2 is 1.86 bits per heavy atom. The summed E-state index contributed by atoms with van der Waals surface area (Å²) in [4.78, 5) is 0. The van der Waals surface area contributed by atoms with Crippen molar-refractivity contribution in [1.82, 2.24) is 0 Å². The Morgan fingerprint density at radius 1 is 1.29 bits per heavy atom. The van der Waals surface area contributed by atoms with Crippen molar-refractivity contribution in [3.05, 3.63) is 33.3 Å². The maximum absolute atomic E-state index is 4.28. The van der Waals surface area contributed by atoms with Gasteiger partial charge in [0.15, 0.2) is 0 Å². The van der Waals surface area contributed by atoms with Crippen LogP contribution in [0, 0.1) is 13.8 Å². The van der Waals surface area contributed by atoms with Gasteiger partial charge in [-0.15, -0.1) is 0 Å². The second kappa shape index (κ2) is 5.22. The lowest BCUT2D eigenvalue weighted by molar-refractivity contribution is 0.737. The zero-order valence-corrected chi connectivity index (χ0v) is 11.5. The van der Waals surface area contributed by atoms with Crippen LogP contribution in [0.5, 0.6) is 0 Å². The summed E-state index contributed by atoms with van der Waals surface area (Å²) in [5.41, 5.74) is 4.12. The molecular weight excluding hydrogens is 256 g/mol. The molecule has 0 aliphatic carbocycles. The summed E-state index contributed by atoms with van der Waals surface area (Å²) < 4.78 is 1.23. The van der Waals surface area contributed by atoms with Gasteiger partial charge >= 0.3 is 0 Å². The molecule has 1 aromatic rings. The predicted molar refractivity (Wildman–Crippen MR) is 70.5 cm³/mol. The van der Waals surface area contributed by atoms with Gasteiger partial charge in [-0.05, 0) is 54.7 Å². The molecule has 0 aliphatic heterocycles. The molecular formula is C12H17BrS. The molecule has 1 atom stereocenters. The Kier molecular flexibility index (Phi) is 4.52. The SMILES string of the molecule is Cc1cc(Br)c(C(C)CCS)cc1C. The molecule has 1 unspecified atom stereocenters. The van der Waals surface area contributed by atoms with Crippen LogP contribution in [-0.4, -0.2) is 5.75 Å². The lowest BCUT2D eigenvalue weighted by Crippen LogP contribution is -1.97. The van der Waals surface area contributed by atoms with Crippen molar-refractivity contribution < 1.29 is 0 Å². The van der Waals surface area contributed by atoms with Crippen molar-refractivity contribution in [2.24, 2.45) is 0 Å². The van der Waals surface area contributed by atoms with Gasteiger partial charge < -0.3 is 0 Å². The summed E-state index contributed by atoms with van der Waals surface area (Å²) in [6.45, 7) is 6.57. The van der Waals surface area contributed by atoms with Gasteiger partial charge in [0.25, 0.3) is 0 Å². The molecule has 0 spiro atoms. The van der Waals surface area contributed by atoms with Crippen LogP contribution >= 0.6 is 28.6 Å². The van der Waals surface area contributed by atoms with Crippen molar-refractivity contribution in [2.75, 3.05) is 5.75 Å². The fourth-order valence-electron chi connectivity index (χ4n) is 1.53. The van der Waals surface area contributed by atoms with Gasteiger partial charge in [0.2, 0.25) is 0 Å². The second-order valence-corrected chi connectivity index (χ2v) is 5.17. The van der Waals surface area contributed by atoms with Crippen LogP contribution in [-0.2, 0) is 0 Å². The molecule has 0 heterocycles. The summed E-state index contributed by atoms with van der Waals surface area (Å²) in [6, 6.07) is 4.49. The van der Waals surface area contributed by atoms with Crippen molar-refractivity contribution in [1.29, 1.82) is 0 Å². The first kappa shape index (κ1) is 12.1. The number of thiol groups is 1.